The number of phenols is 1. The number of anilines is 1. The van der Waals surface area contributed by atoms with Crippen molar-refractivity contribution in [2.24, 2.45) is 0 Å². The number of rotatable bonds is 3. The van der Waals surface area contributed by atoms with E-state index < -0.39 is 0 Å². The lowest BCUT2D eigenvalue weighted by Gasteiger charge is -2.09. The highest BCUT2D eigenvalue weighted by Crippen LogP contribution is 2.39. The molecule has 1 heterocycles. The van der Waals surface area contributed by atoms with Crippen LogP contribution in [-0.2, 0) is 0 Å². The van der Waals surface area contributed by atoms with E-state index in [0.29, 0.717) is 23.0 Å². The number of ether oxygens (including phenoxy) is 2. The topological polar surface area (TPSA) is 93.4 Å². The fourth-order valence-electron chi connectivity index (χ4n) is 2.19. The molecule has 0 fully saturated rings. The Morgan fingerprint density at radius 2 is 1.76 bits per heavy atom. The molecule has 0 bridgehead atoms. The third-order valence-electron chi connectivity index (χ3n) is 3.26. The van der Waals surface area contributed by atoms with E-state index >= 15 is 0 Å². The van der Waals surface area contributed by atoms with Crippen LogP contribution in [0.4, 0.5) is 5.69 Å². The van der Waals surface area contributed by atoms with Gasteiger partial charge < -0.3 is 25.3 Å². The van der Waals surface area contributed by atoms with Gasteiger partial charge in [0.05, 0.1) is 25.3 Å². The summed E-state index contributed by atoms with van der Waals surface area (Å²) in [4.78, 5) is 7.69. The van der Waals surface area contributed by atoms with Crippen molar-refractivity contribution in [3.8, 4) is 28.6 Å². The average Bonchev–Trinajstić information content (AvgIpc) is 2.90. The molecule has 0 aliphatic heterocycles. The molecule has 3 rings (SSSR count). The second-order valence-electron chi connectivity index (χ2n) is 4.59. The van der Waals surface area contributed by atoms with E-state index in [1.807, 2.05) is 12.1 Å². The second kappa shape index (κ2) is 4.90. The van der Waals surface area contributed by atoms with E-state index in [2.05, 4.69) is 9.97 Å². The SMILES string of the molecule is COc1cc(-c2nc3ccc(N)cc3[nH]2)cc(OC)c1O. The van der Waals surface area contributed by atoms with Crippen molar-refractivity contribution >= 4 is 16.7 Å². The van der Waals surface area contributed by atoms with Crippen LogP contribution in [0.5, 0.6) is 17.2 Å². The number of hydrogen-bond acceptors (Lipinski definition) is 5. The van der Waals surface area contributed by atoms with Crippen LogP contribution in [0.3, 0.4) is 0 Å². The molecule has 0 unspecified atom stereocenters. The summed E-state index contributed by atoms with van der Waals surface area (Å²) in [5.74, 6) is 1.25. The second-order valence-corrected chi connectivity index (χ2v) is 4.59. The summed E-state index contributed by atoms with van der Waals surface area (Å²) in [5, 5.41) is 9.94. The number of nitrogens with one attached hydrogen (secondary N) is 1. The van der Waals surface area contributed by atoms with Gasteiger partial charge in [-0.1, -0.05) is 0 Å². The molecule has 0 aliphatic rings. The van der Waals surface area contributed by atoms with Gasteiger partial charge in [0.25, 0.3) is 0 Å². The number of aromatic nitrogens is 2. The van der Waals surface area contributed by atoms with Crippen molar-refractivity contribution in [1.29, 1.82) is 0 Å². The Kier molecular flexibility index (Phi) is 3.06. The molecular formula is C15H15N3O3. The fraction of sp³-hybridized carbons (Fsp3) is 0.133. The van der Waals surface area contributed by atoms with Crippen LogP contribution in [0.1, 0.15) is 0 Å². The van der Waals surface area contributed by atoms with Crippen LogP contribution in [0.25, 0.3) is 22.4 Å². The number of nitrogens with two attached hydrogens (primary N) is 1. The summed E-state index contributed by atoms with van der Waals surface area (Å²) >= 11 is 0. The number of aromatic amines is 1. The first-order chi connectivity index (χ1) is 10.1. The molecular weight excluding hydrogens is 270 g/mol. The largest absolute Gasteiger partial charge is 0.502 e. The molecule has 0 radical (unpaired) electrons. The number of fused-ring (bicyclic) bond motifs is 1. The van der Waals surface area contributed by atoms with E-state index in [4.69, 9.17) is 15.2 Å². The van der Waals surface area contributed by atoms with E-state index in [0.717, 1.165) is 16.6 Å². The lowest BCUT2D eigenvalue weighted by molar-refractivity contribution is 0.340. The van der Waals surface area contributed by atoms with E-state index in [1.165, 1.54) is 14.2 Å². The molecule has 1 aromatic heterocycles. The minimum absolute atomic E-state index is 0.0379. The van der Waals surface area contributed by atoms with Crippen molar-refractivity contribution in [2.45, 2.75) is 0 Å². The highest BCUT2D eigenvalue weighted by atomic mass is 16.5. The molecule has 21 heavy (non-hydrogen) atoms. The van der Waals surface area contributed by atoms with Gasteiger partial charge in [0.1, 0.15) is 5.82 Å². The number of H-pyrrole nitrogens is 1. The molecule has 0 aliphatic carbocycles. The summed E-state index contributed by atoms with van der Waals surface area (Å²) in [6.45, 7) is 0. The first-order valence-corrected chi connectivity index (χ1v) is 6.33. The van der Waals surface area contributed by atoms with Gasteiger partial charge in [-0.05, 0) is 30.3 Å². The molecule has 3 aromatic rings. The predicted molar refractivity (Wildman–Crippen MR) is 80.7 cm³/mol. The molecule has 2 aromatic carbocycles. The van der Waals surface area contributed by atoms with Gasteiger partial charge in [0, 0.05) is 11.3 Å². The van der Waals surface area contributed by atoms with Crippen molar-refractivity contribution in [1.82, 2.24) is 9.97 Å². The maximum absolute atomic E-state index is 9.94. The number of methoxy groups -OCH3 is 2. The van der Waals surface area contributed by atoms with E-state index in [9.17, 15) is 5.11 Å². The van der Waals surface area contributed by atoms with Crippen molar-refractivity contribution in [2.75, 3.05) is 20.0 Å². The first-order valence-electron chi connectivity index (χ1n) is 6.33. The zero-order chi connectivity index (χ0) is 15.0. The number of hydrogen-bond donors (Lipinski definition) is 3. The van der Waals surface area contributed by atoms with Crippen LogP contribution in [-0.4, -0.2) is 29.3 Å². The lowest BCUT2D eigenvalue weighted by atomic mass is 10.1. The molecule has 6 heteroatoms. The average molecular weight is 285 g/mol. The molecule has 0 atom stereocenters. The lowest BCUT2D eigenvalue weighted by Crippen LogP contribution is -1.91. The molecule has 6 nitrogen and oxygen atoms in total. The van der Waals surface area contributed by atoms with Gasteiger partial charge in [0.2, 0.25) is 5.75 Å². The minimum Gasteiger partial charge on any atom is -0.502 e. The fourth-order valence-corrected chi connectivity index (χ4v) is 2.19. The van der Waals surface area contributed by atoms with Crippen LogP contribution in [0.15, 0.2) is 30.3 Å². The molecule has 0 saturated carbocycles. The summed E-state index contributed by atoms with van der Waals surface area (Å²) < 4.78 is 10.3. The summed E-state index contributed by atoms with van der Waals surface area (Å²) in [6, 6.07) is 8.85. The first kappa shape index (κ1) is 13.1. The zero-order valence-electron chi connectivity index (χ0n) is 11.7. The summed E-state index contributed by atoms with van der Waals surface area (Å²) in [5.41, 5.74) is 8.83. The van der Waals surface area contributed by atoms with Gasteiger partial charge >= 0.3 is 0 Å². The Balaban J connectivity index is 2.17. The van der Waals surface area contributed by atoms with Crippen LogP contribution >= 0.6 is 0 Å². The quantitative estimate of drug-likeness (QED) is 0.643. The standard InChI is InChI=1S/C15H15N3O3/c1-20-12-5-8(6-13(21-2)14(12)19)15-17-10-4-3-9(16)7-11(10)18-15/h3-7,19H,16H2,1-2H3,(H,17,18). The molecule has 0 amide bonds. The predicted octanol–water partition coefficient (Wildman–Crippen LogP) is 2.53. The molecule has 4 N–H and O–H groups in total. The number of aromatic hydroxyl groups is 1. The summed E-state index contributed by atoms with van der Waals surface area (Å²) in [6.07, 6.45) is 0. The van der Waals surface area contributed by atoms with Crippen LogP contribution in [0, 0.1) is 0 Å². The maximum atomic E-state index is 9.94. The Morgan fingerprint density at radius 1 is 1.10 bits per heavy atom. The zero-order valence-corrected chi connectivity index (χ0v) is 11.7. The normalized spacial score (nSPS) is 10.8. The van der Waals surface area contributed by atoms with Gasteiger partial charge in [-0.25, -0.2) is 4.98 Å². The van der Waals surface area contributed by atoms with Gasteiger partial charge in [-0.15, -0.1) is 0 Å². The van der Waals surface area contributed by atoms with Gasteiger partial charge in [-0.3, -0.25) is 0 Å². The third-order valence-corrected chi connectivity index (χ3v) is 3.26. The Bertz CT molecular complexity index is 786. The highest BCUT2D eigenvalue weighted by Gasteiger charge is 2.14. The summed E-state index contributed by atoms with van der Waals surface area (Å²) in [7, 11) is 2.97. The van der Waals surface area contributed by atoms with E-state index in [1.54, 1.807) is 18.2 Å². The van der Waals surface area contributed by atoms with Crippen molar-refractivity contribution < 1.29 is 14.6 Å². The Morgan fingerprint density at radius 3 is 2.38 bits per heavy atom. The number of phenolic OH excluding ortho intramolecular Hbond substituents is 1. The van der Waals surface area contributed by atoms with Gasteiger partial charge in [-0.2, -0.15) is 0 Å². The minimum atomic E-state index is -0.0379. The maximum Gasteiger partial charge on any atom is 0.200 e. The smallest absolute Gasteiger partial charge is 0.200 e. The molecule has 0 saturated heterocycles. The van der Waals surface area contributed by atoms with Crippen LogP contribution < -0.4 is 15.2 Å². The van der Waals surface area contributed by atoms with Crippen molar-refractivity contribution in [3.05, 3.63) is 30.3 Å². The molecule has 108 valence electrons. The van der Waals surface area contributed by atoms with Crippen LogP contribution in [0.2, 0.25) is 0 Å². The number of benzene rings is 2. The van der Waals surface area contributed by atoms with Gasteiger partial charge in [0.15, 0.2) is 11.5 Å². The van der Waals surface area contributed by atoms with E-state index in [-0.39, 0.29) is 5.75 Å². The monoisotopic (exact) mass is 285 g/mol. The number of nitrogen functional groups attached to an aromatic ring is 1. The van der Waals surface area contributed by atoms with Crippen molar-refractivity contribution in [3.63, 3.8) is 0 Å². The Hall–Kier alpha value is -2.89. The number of imidazole rings is 1. The highest BCUT2D eigenvalue weighted by molar-refractivity contribution is 5.82. The molecule has 0 spiro atoms. The Labute approximate surface area is 121 Å². The number of nitrogens with zero attached hydrogens (tertiary/aromatic N) is 1. The third kappa shape index (κ3) is 2.20.